The van der Waals surface area contributed by atoms with Gasteiger partial charge in [-0.15, -0.1) is 0 Å². The van der Waals surface area contributed by atoms with Crippen LogP contribution in [0, 0.1) is 11.8 Å². The Hall–Kier alpha value is -0.590. The van der Waals surface area contributed by atoms with Gasteiger partial charge in [-0.25, -0.2) is 0 Å². The molecule has 1 nitrogen and oxygen atoms in total. The molecular formula is C8H10O. The van der Waals surface area contributed by atoms with Gasteiger partial charge in [0, 0.05) is 12.8 Å². The van der Waals surface area contributed by atoms with E-state index in [2.05, 4.69) is 12.2 Å². The predicted octanol–water partition coefficient (Wildman–Crippen LogP) is 1.54. The highest BCUT2D eigenvalue weighted by Crippen LogP contribution is 2.37. The van der Waals surface area contributed by atoms with Crippen LogP contribution in [0.2, 0.25) is 0 Å². The van der Waals surface area contributed by atoms with Gasteiger partial charge in [-0.3, -0.25) is 4.79 Å². The summed E-state index contributed by atoms with van der Waals surface area (Å²) in [6.45, 7) is 0. The van der Waals surface area contributed by atoms with Gasteiger partial charge in [0.2, 0.25) is 0 Å². The highest BCUT2D eigenvalue weighted by Gasteiger charge is 2.32. The second kappa shape index (κ2) is 1.69. The Kier molecular flexibility index (Phi) is 0.981. The van der Waals surface area contributed by atoms with Gasteiger partial charge in [-0.1, -0.05) is 12.2 Å². The highest BCUT2D eigenvalue weighted by molar-refractivity contribution is 5.81. The van der Waals surface area contributed by atoms with E-state index < -0.39 is 0 Å². The molecule has 0 N–H and O–H groups in total. The molecule has 0 saturated heterocycles. The van der Waals surface area contributed by atoms with Crippen LogP contribution >= 0.6 is 0 Å². The monoisotopic (exact) mass is 122 g/mol. The molecule has 0 aliphatic heterocycles. The van der Waals surface area contributed by atoms with E-state index >= 15 is 0 Å². The minimum Gasteiger partial charge on any atom is -0.300 e. The number of hydrogen-bond donors (Lipinski definition) is 0. The van der Waals surface area contributed by atoms with Crippen LogP contribution < -0.4 is 0 Å². The van der Waals surface area contributed by atoms with E-state index in [-0.39, 0.29) is 0 Å². The third kappa shape index (κ3) is 0.716. The number of carbonyl (C=O) groups excluding carboxylic acids is 1. The molecule has 0 spiro atoms. The average molecular weight is 122 g/mol. The van der Waals surface area contributed by atoms with Crippen LogP contribution in [0.4, 0.5) is 0 Å². The lowest BCUT2D eigenvalue weighted by atomic mass is 10.0. The summed E-state index contributed by atoms with van der Waals surface area (Å²) in [4.78, 5) is 10.8. The predicted molar refractivity (Wildman–Crippen MR) is 35.0 cm³/mol. The molecule has 48 valence electrons. The minimum absolute atomic E-state index is 0.467. The molecule has 0 radical (unpaired) electrons. The quantitative estimate of drug-likeness (QED) is 0.445. The summed E-state index contributed by atoms with van der Waals surface area (Å²) in [5, 5.41) is 0. The summed E-state index contributed by atoms with van der Waals surface area (Å²) >= 11 is 0. The molecule has 0 bridgehead atoms. The van der Waals surface area contributed by atoms with E-state index in [9.17, 15) is 4.79 Å². The van der Waals surface area contributed by atoms with Crippen molar-refractivity contribution >= 4 is 5.78 Å². The van der Waals surface area contributed by atoms with Gasteiger partial charge in [0.05, 0.1) is 0 Å². The normalized spacial score (nSPS) is 39.8. The van der Waals surface area contributed by atoms with Crippen molar-refractivity contribution < 1.29 is 4.79 Å². The van der Waals surface area contributed by atoms with E-state index in [4.69, 9.17) is 0 Å². The van der Waals surface area contributed by atoms with Crippen LogP contribution in [0.3, 0.4) is 0 Å². The SMILES string of the molecule is O=C1C[C@H]2CC=C[C@@H]2C1. The number of ketones is 1. The fraction of sp³-hybridized carbons (Fsp3) is 0.625. The Balaban J connectivity index is 2.17. The van der Waals surface area contributed by atoms with Crippen molar-refractivity contribution in [3.63, 3.8) is 0 Å². The standard InChI is InChI=1S/C8H10O/c9-8-4-6-2-1-3-7(6)5-8/h1-2,6-7H,3-5H2/t6-,7-/m1/s1. The van der Waals surface area contributed by atoms with Gasteiger partial charge in [-0.2, -0.15) is 0 Å². The molecule has 2 aliphatic carbocycles. The number of carbonyl (C=O) groups is 1. The first-order valence-corrected chi connectivity index (χ1v) is 3.54. The summed E-state index contributed by atoms with van der Waals surface area (Å²) in [5.41, 5.74) is 0. The highest BCUT2D eigenvalue weighted by atomic mass is 16.1. The largest absolute Gasteiger partial charge is 0.300 e. The summed E-state index contributed by atoms with van der Waals surface area (Å²) in [6.07, 6.45) is 7.23. The van der Waals surface area contributed by atoms with Crippen molar-refractivity contribution in [1.82, 2.24) is 0 Å². The Morgan fingerprint density at radius 2 is 2.33 bits per heavy atom. The molecular weight excluding hydrogens is 112 g/mol. The lowest BCUT2D eigenvalue weighted by molar-refractivity contribution is -0.117. The molecule has 0 unspecified atom stereocenters. The molecule has 0 amide bonds. The smallest absolute Gasteiger partial charge is 0.133 e. The third-order valence-electron chi connectivity index (χ3n) is 2.38. The van der Waals surface area contributed by atoms with Crippen LogP contribution in [0.25, 0.3) is 0 Å². The van der Waals surface area contributed by atoms with E-state index in [1.165, 1.54) is 0 Å². The molecule has 2 aliphatic rings. The van der Waals surface area contributed by atoms with Crippen LogP contribution in [0.1, 0.15) is 19.3 Å². The lowest BCUT2D eigenvalue weighted by Crippen LogP contribution is -1.96. The molecule has 2 rings (SSSR count). The van der Waals surface area contributed by atoms with Crippen molar-refractivity contribution in [1.29, 1.82) is 0 Å². The van der Waals surface area contributed by atoms with Crippen LogP contribution in [0.5, 0.6) is 0 Å². The first kappa shape index (κ1) is 5.21. The van der Waals surface area contributed by atoms with Gasteiger partial charge in [-0.05, 0) is 18.3 Å². The zero-order valence-corrected chi connectivity index (χ0v) is 5.34. The van der Waals surface area contributed by atoms with Gasteiger partial charge in [0.25, 0.3) is 0 Å². The lowest BCUT2D eigenvalue weighted by Gasteiger charge is -2.03. The Morgan fingerprint density at radius 3 is 3.11 bits per heavy atom. The minimum atomic E-state index is 0.467. The van der Waals surface area contributed by atoms with Crippen molar-refractivity contribution in [3.8, 4) is 0 Å². The fourth-order valence-corrected chi connectivity index (χ4v) is 1.87. The maximum atomic E-state index is 10.8. The van der Waals surface area contributed by atoms with E-state index in [1.807, 2.05) is 0 Å². The van der Waals surface area contributed by atoms with E-state index in [1.54, 1.807) is 0 Å². The molecule has 0 aromatic carbocycles. The summed E-state index contributed by atoms with van der Waals surface area (Å²) in [5.74, 6) is 1.78. The topological polar surface area (TPSA) is 17.1 Å². The second-order valence-corrected chi connectivity index (χ2v) is 3.03. The van der Waals surface area contributed by atoms with Gasteiger partial charge >= 0.3 is 0 Å². The van der Waals surface area contributed by atoms with Crippen molar-refractivity contribution in [2.45, 2.75) is 19.3 Å². The van der Waals surface area contributed by atoms with Crippen molar-refractivity contribution in [2.24, 2.45) is 11.8 Å². The fourth-order valence-electron chi connectivity index (χ4n) is 1.87. The number of Topliss-reactive ketones (excluding diaryl/α,β-unsaturated/α-hetero) is 1. The first-order chi connectivity index (χ1) is 4.36. The van der Waals surface area contributed by atoms with Crippen molar-refractivity contribution in [2.75, 3.05) is 0 Å². The Morgan fingerprint density at radius 1 is 1.44 bits per heavy atom. The second-order valence-electron chi connectivity index (χ2n) is 3.03. The molecule has 1 fully saturated rings. The number of hydrogen-bond acceptors (Lipinski definition) is 1. The average Bonchev–Trinajstić information content (AvgIpc) is 2.22. The number of allylic oxidation sites excluding steroid dienone is 2. The van der Waals surface area contributed by atoms with Crippen LogP contribution in [-0.2, 0) is 4.79 Å². The summed E-state index contributed by atoms with van der Waals surface area (Å²) in [6, 6.07) is 0. The zero-order valence-electron chi connectivity index (χ0n) is 5.34. The van der Waals surface area contributed by atoms with Crippen LogP contribution in [-0.4, -0.2) is 5.78 Å². The molecule has 2 atom stereocenters. The number of rotatable bonds is 0. The molecule has 1 saturated carbocycles. The Bertz CT molecular complexity index is 169. The maximum absolute atomic E-state index is 10.8. The first-order valence-electron chi connectivity index (χ1n) is 3.54. The van der Waals surface area contributed by atoms with Crippen molar-refractivity contribution in [3.05, 3.63) is 12.2 Å². The summed E-state index contributed by atoms with van der Waals surface area (Å²) < 4.78 is 0. The molecule has 9 heavy (non-hydrogen) atoms. The number of fused-ring (bicyclic) bond motifs is 1. The van der Waals surface area contributed by atoms with Gasteiger partial charge in [0.15, 0.2) is 0 Å². The third-order valence-corrected chi connectivity index (χ3v) is 2.38. The molecule has 0 heterocycles. The molecule has 0 aromatic rings. The Labute approximate surface area is 54.8 Å². The van der Waals surface area contributed by atoms with Gasteiger partial charge < -0.3 is 0 Å². The van der Waals surface area contributed by atoms with E-state index in [0.29, 0.717) is 17.6 Å². The zero-order chi connectivity index (χ0) is 6.27. The molecule has 0 aromatic heterocycles. The van der Waals surface area contributed by atoms with Gasteiger partial charge in [0.1, 0.15) is 5.78 Å². The summed E-state index contributed by atoms with van der Waals surface area (Å²) in [7, 11) is 0. The maximum Gasteiger partial charge on any atom is 0.133 e. The van der Waals surface area contributed by atoms with Crippen LogP contribution in [0.15, 0.2) is 12.2 Å². The molecule has 1 heteroatoms. The van der Waals surface area contributed by atoms with E-state index in [0.717, 1.165) is 19.3 Å².